The fourth-order valence-electron chi connectivity index (χ4n) is 3.28. The minimum Gasteiger partial charge on any atom is -0.394 e. The largest absolute Gasteiger partial charge is 0.394 e. The van der Waals surface area contributed by atoms with Crippen molar-refractivity contribution < 1.29 is 25.2 Å². The zero-order valence-corrected chi connectivity index (χ0v) is 15.1. The Morgan fingerprint density at radius 2 is 1.93 bits per heavy atom. The van der Waals surface area contributed by atoms with Gasteiger partial charge in [0.1, 0.15) is 30.5 Å². The molecule has 0 aliphatic carbocycles. The number of aliphatic hydroxyl groups excluding tert-OH is 4. The lowest BCUT2D eigenvalue weighted by molar-refractivity contribution is -0.214. The summed E-state index contributed by atoms with van der Waals surface area (Å²) in [5.74, 6) is 5.69. The van der Waals surface area contributed by atoms with Crippen LogP contribution in [0.4, 0.5) is 0 Å². The van der Waals surface area contributed by atoms with Gasteiger partial charge in [0, 0.05) is 17.6 Å². The van der Waals surface area contributed by atoms with Crippen LogP contribution >= 0.6 is 0 Å². The summed E-state index contributed by atoms with van der Waals surface area (Å²) in [5.41, 5.74) is 2.62. The van der Waals surface area contributed by atoms with E-state index in [1.54, 1.807) is 24.5 Å². The SMILES string of the molecule is O=c1ccc(-c2cc(C#C[C@H]3O[C@H](CO)[C@@H](O)[C@H](O)[C@@H]3O)c3[nH]ncc3c2)c[nH]1. The topological polar surface area (TPSA) is 152 Å². The summed E-state index contributed by atoms with van der Waals surface area (Å²) in [4.78, 5) is 13.9. The van der Waals surface area contributed by atoms with E-state index in [9.17, 15) is 25.2 Å². The molecule has 1 saturated heterocycles. The quantitative estimate of drug-likeness (QED) is 0.307. The summed E-state index contributed by atoms with van der Waals surface area (Å²) in [5, 5.41) is 46.9. The first-order valence-corrected chi connectivity index (χ1v) is 8.96. The van der Waals surface area contributed by atoms with Gasteiger partial charge in [0.25, 0.3) is 0 Å². The molecule has 0 radical (unpaired) electrons. The highest BCUT2D eigenvalue weighted by Gasteiger charge is 2.42. The molecule has 1 aliphatic rings. The van der Waals surface area contributed by atoms with Crippen molar-refractivity contribution in [1.29, 1.82) is 0 Å². The molecule has 3 heterocycles. The van der Waals surface area contributed by atoms with E-state index in [-0.39, 0.29) is 5.56 Å². The molecule has 29 heavy (non-hydrogen) atoms. The van der Waals surface area contributed by atoms with Crippen molar-refractivity contribution in [2.24, 2.45) is 0 Å². The van der Waals surface area contributed by atoms with Crippen LogP contribution in [0.1, 0.15) is 5.56 Å². The maximum atomic E-state index is 11.3. The molecule has 6 N–H and O–H groups in total. The second-order valence-corrected chi connectivity index (χ2v) is 6.82. The average Bonchev–Trinajstić information content (AvgIpc) is 3.21. The highest BCUT2D eigenvalue weighted by atomic mass is 16.5. The monoisotopic (exact) mass is 397 g/mol. The third-order valence-electron chi connectivity index (χ3n) is 4.91. The van der Waals surface area contributed by atoms with Gasteiger partial charge in [0.05, 0.1) is 23.9 Å². The van der Waals surface area contributed by atoms with Crippen molar-refractivity contribution in [2.45, 2.75) is 30.5 Å². The Morgan fingerprint density at radius 3 is 2.66 bits per heavy atom. The average molecular weight is 397 g/mol. The Hall–Kier alpha value is -3.00. The summed E-state index contributed by atoms with van der Waals surface area (Å²) >= 11 is 0. The number of nitrogens with one attached hydrogen (secondary N) is 2. The molecule has 0 unspecified atom stereocenters. The minimum atomic E-state index is -1.49. The Kier molecular flexibility index (Phi) is 5.19. The second-order valence-electron chi connectivity index (χ2n) is 6.82. The van der Waals surface area contributed by atoms with Crippen LogP contribution in [0, 0.1) is 11.8 Å². The number of aromatic nitrogens is 3. The summed E-state index contributed by atoms with van der Waals surface area (Å²) in [6.07, 6.45) is -3.23. The molecule has 1 fully saturated rings. The molecule has 9 nitrogen and oxygen atoms in total. The fourth-order valence-corrected chi connectivity index (χ4v) is 3.28. The lowest BCUT2D eigenvalue weighted by Gasteiger charge is -2.37. The molecule has 0 saturated carbocycles. The Balaban J connectivity index is 1.72. The number of aromatic amines is 2. The van der Waals surface area contributed by atoms with Gasteiger partial charge in [-0.3, -0.25) is 9.89 Å². The molecule has 9 heteroatoms. The predicted octanol–water partition coefficient (Wildman–Crippen LogP) is -0.888. The van der Waals surface area contributed by atoms with Crippen molar-refractivity contribution >= 4 is 10.9 Å². The zero-order chi connectivity index (χ0) is 20.5. The van der Waals surface area contributed by atoms with Crippen LogP contribution in [0.2, 0.25) is 0 Å². The molecule has 4 rings (SSSR count). The molecule has 150 valence electrons. The van der Waals surface area contributed by atoms with Gasteiger partial charge in [-0.25, -0.2) is 0 Å². The first-order valence-electron chi connectivity index (χ1n) is 8.96. The van der Waals surface area contributed by atoms with Crippen LogP contribution in [0.25, 0.3) is 22.0 Å². The Morgan fingerprint density at radius 1 is 1.10 bits per heavy atom. The van der Waals surface area contributed by atoms with Crippen molar-refractivity contribution in [3.8, 4) is 23.0 Å². The number of ether oxygens (including phenoxy) is 1. The van der Waals surface area contributed by atoms with Gasteiger partial charge in [-0.15, -0.1) is 0 Å². The number of fused-ring (bicyclic) bond motifs is 1. The number of nitrogens with zero attached hydrogens (tertiary/aromatic N) is 1. The van der Waals surface area contributed by atoms with E-state index in [0.29, 0.717) is 11.1 Å². The van der Waals surface area contributed by atoms with Gasteiger partial charge in [0.2, 0.25) is 5.56 Å². The molecule has 1 aliphatic heterocycles. The van der Waals surface area contributed by atoms with Crippen LogP contribution in [0.5, 0.6) is 0 Å². The first kappa shape index (κ1) is 19.3. The number of rotatable bonds is 2. The molecule has 0 spiro atoms. The van der Waals surface area contributed by atoms with Crippen LogP contribution in [0.15, 0.2) is 41.5 Å². The molecule has 1 aromatic carbocycles. The molecular weight excluding hydrogens is 378 g/mol. The second kappa shape index (κ2) is 7.79. The van der Waals surface area contributed by atoms with Crippen molar-refractivity contribution in [2.75, 3.05) is 6.61 Å². The fraction of sp³-hybridized carbons (Fsp3) is 0.300. The number of pyridine rings is 1. The summed E-state index contributed by atoms with van der Waals surface area (Å²) in [6.45, 7) is -0.518. The Bertz CT molecular complexity index is 1120. The molecule has 5 atom stereocenters. The highest BCUT2D eigenvalue weighted by molar-refractivity contribution is 5.89. The van der Waals surface area contributed by atoms with Crippen molar-refractivity contribution in [3.63, 3.8) is 0 Å². The third kappa shape index (κ3) is 3.67. The van der Waals surface area contributed by atoms with Gasteiger partial charge < -0.3 is 30.1 Å². The molecule has 2 aromatic heterocycles. The standard InChI is InChI=1S/C20H19N3O6/c24-9-15-19(27)20(28)18(26)14(29-15)3-1-10-5-12(6-13-8-22-23-17(10)13)11-2-4-16(25)21-7-11/h2,4-8,14-15,18-20,24,26-28H,9H2,(H,21,25)(H,22,23)/t14-,15-,18-,19-,20-/m1/s1. The summed E-state index contributed by atoms with van der Waals surface area (Å²) < 4.78 is 5.42. The van der Waals surface area contributed by atoms with E-state index in [2.05, 4.69) is 27.0 Å². The predicted molar refractivity (Wildman–Crippen MR) is 103 cm³/mol. The smallest absolute Gasteiger partial charge is 0.247 e. The minimum absolute atomic E-state index is 0.208. The molecular formula is C20H19N3O6. The van der Waals surface area contributed by atoms with Gasteiger partial charge in [0.15, 0.2) is 0 Å². The Labute approximate surface area is 164 Å². The third-order valence-corrected chi connectivity index (χ3v) is 4.91. The zero-order valence-electron chi connectivity index (χ0n) is 15.1. The van der Waals surface area contributed by atoms with Crippen molar-refractivity contribution in [3.05, 3.63) is 52.6 Å². The van der Waals surface area contributed by atoms with Gasteiger partial charge in [-0.2, -0.15) is 5.10 Å². The normalized spacial score (nSPS) is 26.8. The van der Waals surface area contributed by atoms with Gasteiger partial charge >= 0.3 is 0 Å². The van der Waals surface area contributed by atoms with E-state index in [4.69, 9.17) is 4.74 Å². The van der Waals surface area contributed by atoms with Gasteiger partial charge in [-0.05, 0) is 29.3 Å². The van der Waals surface area contributed by atoms with Crippen LogP contribution in [0.3, 0.4) is 0 Å². The maximum absolute atomic E-state index is 11.3. The molecule has 0 amide bonds. The highest BCUT2D eigenvalue weighted by Crippen LogP contribution is 2.26. The lowest BCUT2D eigenvalue weighted by atomic mass is 9.95. The summed E-state index contributed by atoms with van der Waals surface area (Å²) in [6, 6.07) is 6.81. The molecule has 0 bridgehead atoms. The van der Waals surface area contributed by atoms with E-state index in [0.717, 1.165) is 16.5 Å². The van der Waals surface area contributed by atoms with Crippen LogP contribution < -0.4 is 5.56 Å². The number of hydrogen-bond acceptors (Lipinski definition) is 7. The van der Waals surface area contributed by atoms with E-state index in [1.807, 2.05) is 6.07 Å². The summed E-state index contributed by atoms with van der Waals surface area (Å²) in [7, 11) is 0. The first-order chi connectivity index (χ1) is 14.0. The van der Waals surface area contributed by atoms with Gasteiger partial charge in [-0.1, -0.05) is 11.8 Å². The van der Waals surface area contributed by atoms with E-state index < -0.39 is 37.1 Å². The lowest BCUT2D eigenvalue weighted by Crippen LogP contribution is -2.58. The number of hydrogen-bond donors (Lipinski definition) is 6. The van der Waals surface area contributed by atoms with E-state index in [1.165, 1.54) is 6.07 Å². The van der Waals surface area contributed by atoms with Crippen LogP contribution in [-0.4, -0.2) is 72.7 Å². The van der Waals surface area contributed by atoms with Crippen LogP contribution in [-0.2, 0) is 4.74 Å². The van der Waals surface area contributed by atoms with Crippen molar-refractivity contribution in [1.82, 2.24) is 15.2 Å². The maximum Gasteiger partial charge on any atom is 0.247 e. The number of aliphatic hydroxyl groups is 4. The van der Waals surface area contributed by atoms with E-state index >= 15 is 0 Å². The number of H-pyrrole nitrogens is 2. The molecule has 3 aromatic rings. The number of benzene rings is 1.